The lowest BCUT2D eigenvalue weighted by molar-refractivity contribution is -0.384. The van der Waals surface area contributed by atoms with E-state index in [0.29, 0.717) is 42.7 Å². The molecule has 1 saturated heterocycles. The predicted molar refractivity (Wildman–Crippen MR) is 114 cm³/mol. The number of aryl methyl sites for hydroxylation is 1. The lowest BCUT2D eigenvalue weighted by Gasteiger charge is -2.31. The molecule has 0 radical (unpaired) electrons. The number of aromatic nitrogens is 3. The molecule has 33 heavy (non-hydrogen) atoms. The first-order chi connectivity index (χ1) is 15.6. The number of nitrogens with zero attached hydrogens (tertiary/aromatic N) is 5. The van der Waals surface area contributed by atoms with Crippen molar-refractivity contribution in [2.45, 2.75) is 32.0 Å². The molecule has 174 valence electrons. The van der Waals surface area contributed by atoms with Gasteiger partial charge in [-0.25, -0.2) is 4.68 Å². The molecule has 0 aliphatic carbocycles. The summed E-state index contributed by atoms with van der Waals surface area (Å²) in [5, 5.41) is 21.6. The molecule has 1 N–H and O–H groups in total. The van der Waals surface area contributed by atoms with Crippen LogP contribution in [0, 0.1) is 17.0 Å². The predicted octanol–water partition coefficient (Wildman–Crippen LogP) is 3.94. The van der Waals surface area contributed by atoms with Crippen LogP contribution in [0.25, 0.3) is 11.0 Å². The monoisotopic (exact) mass is 462 g/mol. The SMILES string of the molecule is Cc1cc([N+](=O)[O-])ccc1NC(=O)CN1CCC(n2nnc3cc(C(F)(F)F)ccc32)CC1. The first kappa shape index (κ1) is 22.6. The normalized spacial score (nSPS) is 15.6. The van der Waals surface area contributed by atoms with Crippen molar-refractivity contribution >= 4 is 28.3 Å². The van der Waals surface area contributed by atoms with Crippen molar-refractivity contribution in [3.8, 4) is 0 Å². The van der Waals surface area contributed by atoms with E-state index < -0.39 is 16.7 Å². The number of piperidine rings is 1. The zero-order valence-electron chi connectivity index (χ0n) is 17.7. The minimum absolute atomic E-state index is 0.0250. The molecule has 2 heterocycles. The van der Waals surface area contributed by atoms with Crippen LogP contribution in [0.5, 0.6) is 0 Å². The average molecular weight is 462 g/mol. The van der Waals surface area contributed by atoms with E-state index in [2.05, 4.69) is 15.6 Å². The number of hydrogen-bond donors (Lipinski definition) is 1. The fraction of sp³-hybridized carbons (Fsp3) is 0.381. The Morgan fingerprint density at radius 3 is 2.58 bits per heavy atom. The maximum atomic E-state index is 12.9. The van der Waals surface area contributed by atoms with Gasteiger partial charge in [-0.3, -0.25) is 19.8 Å². The van der Waals surface area contributed by atoms with Gasteiger partial charge in [-0.05, 0) is 49.6 Å². The van der Waals surface area contributed by atoms with Crippen LogP contribution in [0.2, 0.25) is 0 Å². The molecule has 9 nitrogen and oxygen atoms in total. The van der Waals surface area contributed by atoms with Crippen LogP contribution in [0.4, 0.5) is 24.5 Å². The van der Waals surface area contributed by atoms with Crippen LogP contribution in [-0.4, -0.2) is 50.4 Å². The summed E-state index contributed by atoms with van der Waals surface area (Å²) in [5.74, 6) is -0.226. The molecule has 12 heteroatoms. The number of anilines is 1. The van der Waals surface area contributed by atoms with E-state index in [-0.39, 0.29) is 29.7 Å². The minimum atomic E-state index is -4.43. The number of likely N-dealkylation sites (tertiary alicyclic amines) is 1. The number of carbonyl (C=O) groups is 1. The summed E-state index contributed by atoms with van der Waals surface area (Å²) in [6, 6.07) is 7.65. The molecular formula is C21H21F3N6O3. The Bertz CT molecular complexity index is 1200. The summed E-state index contributed by atoms with van der Waals surface area (Å²) in [6.07, 6.45) is -3.09. The Kier molecular flexibility index (Phi) is 6.02. The third kappa shape index (κ3) is 4.95. The van der Waals surface area contributed by atoms with E-state index in [1.54, 1.807) is 11.6 Å². The number of fused-ring (bicyclic) bond motifs is 1. The zero-order valence-corrected chi connectivity index (χ0v) is 17.7. The van der Waals surface area contributed by atoms with Gasteiger partial charge in [0, 0.05) is 30.9 Å². The third-order valence-electron chi connectivity index (χ3n) is 5.76. The number of halogens is 3. The minimum Gasteiger partial charge on any atom is -0.325 e. The number of nitro benzene ring substituents is 1. The van der Waals surface area contributed by atoms with Gasteiger partial charge in [-0.2, -0.15) is 13.2 Å². The first-order valence-electron chi connectivity index (χ1n) is 10.3. The molecule has 0 atom stereocenters. The smallest absolute Gasteiger partial charge is 0.325 e. The van der Waals surface area contributed by atoms with Crippen LogP contribution < -0.4 is 5.32 Å². The van der Waals surface area contributed by atoms with Crippen molar-refractivity contribution < 1.29 is 22.9 Å². The Morgan fingerprint density at radius 2 is 1.94 bits per heavy atom. The number of alkyl halides is 3. The molecule has 1 aliphatic heterocycles. The van der Waals surface area contributed by atoms with Crippen molar-refractivity contribution in [1.82, 2.24) is 19.9 Å². The molecule has 1 amide bonds. The number of amides is 1. The topological polar surface area (TPSA) is 106 Å². The summed E-state index contributed by atoms with van der Waals surface area (Å²) in [6.45, 7) is 3.07. The molecule has 2 aromatic carbocycles. The highest BCUT2D eigenvalue weighted by Crippen LogP contribution is 2.32. The Balaban J connectivity index is 1.34. The van der Waals surface area contributed by atoms with Gasteiger partial charge in [0.25, 0.3) is 5.69 Å². The van der Waals surface area contributed by atoms with Crippen LogP contribution in [0.15, 0.2) is 36.4 Å². The third-order valence-corrected chi connectivity index (χ3v) is 5.76. The van der Waals surface area contributed by atoms with Gasteiger partial charge in [0.05, 0.1) is 28.6 Å². The number of nitro groups is 1. The fourth-order valence-electron chi connectivity index (χ4n) is 4.00. The van der Waals surface area contributed by atoms with Crippen molar-refractivity contribution in [2.75, 3.05) is 25.0 Å². The van der Waals surface area contributed by atoms with Gasteiger partial charge in [0.1, 0.15) is 5.52 Å². The quantitative estimate of drug-likeness (QED) is 0.455. The van der Waals surface area contributed by atoms with Gasteiger partial charge >= 0.3 is 6.18 Å². The van der Waals surface area contributed by atoms with E-state index in [0.717, 1.165) is 12.1 Å². The van der Waals surface area contributed by atoms with Crippen molar-refractivity contribution in [3.63, 3.8) is 0 Å². The Hall–Kier alpha value is -3.54. The van der Waals surface area contributed by atoms with Crippen LogP contribution in [0.3, 0.4) is 0 Å². The average Bonchev–Trinajstić information content (AvgIpc) is 3.18. The Morgan fingerprint density at radius 1 is 1.21 bits per heavy atom. The van der Waals surface area contributed by atoms with Gasteiger partial charge in [-0.1, -0.05) is 5.21 Å². The molecule has 1 fully saturated rings. The number of benzene rings is 2. The standard InChI is InChI=1S/C21H21F3N6O3/c1-13-10-16(30(32)33)3-4-17(13)25-20(31)12-28-8-6-15(7-9-28)29-19-5-2-14(21(22,23)24)11-18(19)26-27-29/h2-5,10-11,15H,6-9,12H2,1H3,(H,25,31). The number of hydrogen-bond acceptors (Lipinski definition) is 6. The fourth-order valence-corrected chi connectivity index (χ4v) is 4.00. The zero-order chi connectivity index (χ0) is 23.8. The highest BCUT2D eigenvalue weighted by molar-refractivity contribution is 5.93. The van der Waals surface area contributed by atoms with Gasteiger partial charge in [0.15, 0.2) is 0 Å². The summed E-state index contributed by atoms with van der Waals surface area (Å²) in [5.41, 5.74) is 1.07. The second kappa shape index (κ2) is 8.77. The molecule has 4 rings (SSSR count). The number of rotatable bonds is 5. The van der Waals surface area contributed by atoms with E-state index in [1.165, 1.54) is 24.3 Å². The van der Waals surface area contributed by atoms with Crippen LogP contribution in [0.1, 0.15) is 30.0 Å². The second-order valence-corrected chi connectivity index (χ2v) is 8.05. The van der Waals surface area contributed by atoms with E-state index in [1.807, 2.05) is 4.90 Å². The van der Waals surface area contributed by atoms with E-state index >= 15 is 0 Å². The second-order valence-electron chi connectivity index (χ2n) is 8.05. The molecular weight excluding hydrogens is 441 g/mol. The molecule has 0 spiro atoms. The molecule has 0 bridgehead atoms. The molecule has 1 aliphatic rings. The van der Waals surface area contributed by atoms with Crippen molar-refractivity contribution in [1.29, 1.82) is 0 Å². The van der Waals surface area contributed by atoms with Gasteiger partial charge in [-0.15, -0.1) is 5.10 Å². The number of nitrogens with one attached hydrogen (secondary N) is 1. The van der Waals surface area contributed by atoms with E-state index in [4.69, 9.17) is 0 Å². The summed E-state index contributed by atoms with van der Waals surface area (Å²) < 4.78 is 40.4. The van der Waals surface area contributed by atoms with Crippen LogP contribution in [-0.2, 0) is 11.0 Å². The highest BCUT2D eigenvalue weighted by Gasteiger charge is 2.31. The summed E-state index contributed by atoms with van der Waals surface area (Å²) in [7, 11) is 0. The summed E-state index contributed by atoms with van der Waals surface area (Å²) in [4.78, 5) is 24.8. The van der Waals surface area contributed by atoms with Crippen LogP contribution >= 0.6 is 0 Å². The highest BCUT2D eigenvalue weighted by atomic mass is 19.4. The van der Waals surface area contributed by atoms with Gasteiger partial charge in [0.2, 0.25) is 5.91 Å². The molecule has 0 unspecified atom stereocenters. The lowest BCUT2D eigenvalue weighted by Crippen LogP contribution is -2.40. The van der Waals surface area contributed by atoms with Crippen molar-refractivity contribution in [2.24, 2.45) is 0 Å². The molecule has 0 saturated carbocycles. The lowest BCUT2D eigenvalue weighted by atomic mass is 10.0. The first-order valence-corrected chi connectivity index (χ1v) is 10.3. The van der Waals surface area contributed by atoms with Gasteiger partial charge < -0.3 is 5.32 Å². The maximum absolute atomic E-state index is 12.9. The number of non-ortho nitro benzene ring substituents is 1. The Labute approximate surface area is 186 Å². The van der Waals surface area contributed by atoms with E-state index in [9.17, 15) is 28.1 Å². The largest absolute Gasteiger partial charge is 0.416 e. The maximum Gasteiger partial charge on any atom is 0.416 e. The number of carbonyl (C=O) groups excluding carboxylic acids is 1. The molecule has 1 aromatic heterocycles. The summed E-state index contributed by atoms with van der Waals surface area (Å²) >= 11 is 0. The molecule has 3 aromatic rings. The van der Waals surface area contributed by atoms with Crippen molar-refractivity contribution in [3.05, 3.63) is 57.6 Å².